The lowest BCUT2D eigenvalue weighted by atomic mass is 10.1. The lowest BCUT2D eigenvalue weighted by molar-refractivity contribution is -0.128. The Hall–Kier alpha value is -1.91. The summed E-state index contributed by atoms with van der Waals surface area (Å²) in [4.78, 5) is 12.8. The number of carbonyl (C=O) groups is 1. The van der Waals surface area contributed by atoms with Gasteiger partial charge in [-0.05, 0) is 30.7 Å². The SMILES string of the molecule is Cc1cc(S(=O)(=O)NCCC(=O)N(C)C)ccc1C#N. The second-order valence-electron chi connectivity index (χ2n) is 4.52. The Morgan fingerprint density at radius 2 is 2.05 bits per heavy atom. The molecule has 1 aromatic carbocycles. The number of benzene rings is 1. The molecule has 1 rings (SSSR count). The van der Waals surface area contributed by atoms with Crippen molar-refractivity contribution in [1.29, 1.82) is 5.26 Å². The smallest absolute Gasteiger partial charge is 0.240 e. The van der Waals surface area contributed by atoms with Crippen LogP contribution in [0.1, 0.15) is 17.5 Å². The summed E-state index contributed by atoms with van der Waals surface area (Å²) in [7, 11) is -0.435. The summed E-state index contributed by atoms with van der Waals surface area (Å²) in [6.45, 7) is 1.71. The first kappa shape index (κ1) is 16.1. The van der Waals surface area contributed by atoms with Gasteiger partial charge in [0.15, 0.2) is 0 Å². The van der Waals surface area contributed by atoms with Crippen molar-refractivity contribution in [1.82, 2.24) is 9.62 Å². The van der Waals surface area contributed by atoms with E-state index in [0.29, 0.717) is 11.1 Å². The van der Waals surface area contributed by atoms with E-state index in [1.54, 1.807) is 21.0 Å². The number of rotatable bonds is 5. The van der Waals surface area contributed by atoms with Crippen molar-refractivity contribution in [3.05, 3.63) is 29.3 Å². The zero-order valence-electron chi connectivity index (χ0n) is 11.7. The molecular formula is C13H17N3O3S. The molecule has 0 heterocycles. The highest BCUT2D eigenvalue weighted by Gasteiger charge is 2.15. The molecule has 7 heteroatoms. The first-order valence-electron chi connectivity index (χ1n) is 5.98. The number of aryl methyl sites for hydroxylation is 1. The van der Waals surface area contributed by atoms with Crippen molar-refractivity contribution >= 4 is 15.9 Å². The zero-order chi connectivity index (χ0) is 15.3. The van der Waals surface area contributed by atoms with Crippen LogP contribution in [0.2, 0.25) is 0 Å². The molecule has 0 bridgehead atoms. The molecule has 0 atom stereocenters. The summed E-state index contributed by atoms with van der Waals surface area (Å²) in [5, 5.41) is 8.81. The lowest BCUT2D eigenvalue weighted by Gasteiger charge is -2.11. The fraction of sp³-hybridized carbons (Fsp3) is 0.385. The van der Waals surface area contributed by atoms with E-state index in [4.69, 9.17) is 5.26 Å². The number of nitrogens with zero attached hydrogens (tertiary/aromatic N) is 2. The van der Waals surface area contributed by atoms with Crippen molar-refractivity contribution < 1.29 is 13.2 Å². The molecule has 108 valence electrons. The number of nitriles is 1. The Morgan fingerprint density at radius 1 is 1.40 bits per heavy atom. The fourth-order valence-corrected chi connectivity index (χ4v) is 2.64. The van der Waals surface area contributed by atoms with E-state index >= 15 is 0 Å². The summed E-state index contributed by atoms with van der Waals surface area (Å²) in [5.74, 6) is -0.149. The van der Waals surface area contributed by atoms with Crippen LogP contribution >= 0.6 is 0 Å². The number of hydrogen-bond acceptors (Lipinski definition) is 4. The molecule has 0 saturated carbocycles. The van der Waals surface area contributed by atoms with Gasteiger partial charge in [0, 0.05) is 27.1 Å². The Balaban J connectivity index is 2.77. The molecule has 0 radical (unpaired) electrons. The highest BCUT2D eigenvalue weighted by Crippen LogP contribution is 2.14. The van der Waals surface area contributed by atoms with E-state index < -0.39 is 10.0 Å². The summed E-state index contributed by atoms with van der Waals surface area (Å²) < 4.78 is 26.4. The van der Waals surface area contributed by atoms with Crippen LogP contribution in [0.4, 0.5) is 0 Å². The van der Waals surface area contributed by atoms with Crippen LogP contribution in [0.25, 0.3) is 0 Å². The minimum absolute atomic E-state index is 0.0401. The Kier molecular flexibility index (Phi) is 5.25. The van der Waals surface area contributed by atoms with Crippen LogP contribution in [-0.4, -0.2) is 39.9 Å². The van der Waals surface area contributed by atoms with E-state index in [-0.39, 0.29) is 23.8 Å². The lowest BCUT2D eigenvalue weighted by Crippen LogP contribution is -2.30. The van der Waals surface area contributed by atoms with E-state index in [1.807, 2.05) is 6.07 Å². The summed E-state index contributed by atoms with van der Waals surface area (Å²) in [6.07, 6.45) is 0.0987. The Morgan fingerprint density at radius 3 is 2.55 bits per heavy atom. The molecule has 0 saturated heterocycles. The van der Waals surface area contributed by atoms with E-state index in [2.05, 4.69) is 4.72 Å². The van der Waals surface area contributed by atoms with Crippen LogP contribution in [0, 0.1) is 18.3 Å². The highest BCUT2D eigenvalue weighted by molar-refractivity contribution is 7.89. The fourth-order valence-electron chi connectivity index (χ4n) is 1.53. The van der Waals surface area contributed by atoms with Gasteiger partial charge in [0.2, 0.25) is 15.9 Å². The number of nitrogens with one attached hydrogen (secondary N) is 1. The van der Waals surface area contributed by atoms with Gasteiger partial charge in [0.25, 0.3) is 0 Å². The number of sulfonamides is 1. The maximum atomic E-state index is 12.0. The first-order valence-corrected chi connectivity index (χ1v) is 7.47. The van der Waals surface area contributed by atoms with Crippen molar-refractivity contribution in [2.75, 3.05) is 20.6 Å². The average molecular weight is 295 g/mol. The van der Waals surface area contributed by atoms with Crippen LogP contribution in [0.15, 0.2) is 23.1 Å². The maximum Gasteiger partial charge on any atom is 0.240 e. The van der Waals surface area contributed by atoms with E-state index in [1.165, 1.54) is 23.1 Å². The van der Waals surface area contributed by atoms with Gasteiger partial charge < -0.3 is 4.90 Å². The quantitative estimate of drug-likeness (QED) is 0.862. The molecule has 0 spiro atoms. The molecule has 0 fully saturated rings. The molecular weight excluding hydrogens is 278 g/mol. The van der Waals surface area contributed by atoms with Gasteiger partial charge in [-0.25, -0.2) is 13.1 Å². The molecule has 1 aromatic rings. The van der Waals surface area contributed by atoms with Crippen LogP contribution in [0.3, 0.4) is 0 Å². The maximum absolute atomic E-state index is 12.0. The molecule has 6 nitrogen and oxygen atoms in total. The van der Waals surface area contributed by atoms with Gasteiger partial charge in [-0.2, -0.15) is 5.26 Å². The minimum Gasteiger partial charge on any atom is -0.349 e. The van der Waals surface area contributed by atoms with Crippen molar-refractivity contribution in [3.8, 4) is 6.07 Å². The molecule has 0 aliphatic heterocycles. The van der Waals surface area contributed by atoms with Gasteiger partial charge in [0.1, 0.15) is 0 Å². The topological polar surface area (TPSA) is 90.3 Å². The number of amides is 1. The predicted octanol–water partition coefficient (Wildman–Crippen LogP) is 0.623. The normalized spacial score (nSPS) is 10.9. The Labute approximate surface area is 119 Å². The third-order valence-corrected chi connectivity index (χ3v) is 4.22. The standard InChI is InChI=1S/C13H17N3O3S/c1-10-8-12(5-4-11(10)9-14)20(18,19)15-7-6-13(17)16(2)3/h4-5,8,15H,6-7H2,1-3H3. The predicted molar refractivity (Wildman–Crippen MR) is 74.4 cm³/mol. The molecule has 0 unspecified atom stereocenters. The molecule has 0 aliphatic carbocycles. The van der Waals surface area contributed by atoms with Crippen molar-refractivity contribution in [2.24, 2.45) is 0 Å². The van der Waals surface area contributed by atoms with Crippen LogP contribution < -0.4 is 4.72 Å². The van der Waals surface area contributed by atoms with E-state index in [9.17, 15) is 13.2 Å². The summed E-state index contributed by atoms with van der Waals surface area (Å²) >= 11 is 0. The third kappa shape index (κ3) is 4.05. The van der Waals surface area contributed by atoms with Crippen molar-refractivity contribution in [3.63, 3.8) is 0 Å². The van der Waals surface area contributed by atoms with Gasteiger partial charge in [-0.3, -0.25) is 4.79 Å². The van der Waals surface area contributed by atoms with Gasteiger partial charge >= 0.3 is 0 Å². The number of carbonyl (C=O) groups excluding carboxylic acids is 1. The van der Waals surface area contributed by atoms with Gasteiger partial charge in [-0.15, -0.1) is 0 Å². The summed E-state index contributed by atoms with van der Waals surface area (Å²) in [6, 6.07) is 6.26. The van der Waals surface area contributed by atoms with Gasteiger partial charge in [-0.1, -0.05) is 0 Å². The largest absolute Gasteiger partial charge is 0.349 e. The van der Waals surface area contributed by atoms with Crippen LogP contribution in [0.5, 0.6) is 0 Å². The minimum atomic E-state index is -3.66. The van der Waals surface area contributed by atoms with Crippen LogP contribution in [-0.2, 0) is 14.8 Å². The molecule has 0 aromatic heterocycles. The molecule has 0 aliphatic rings. The second kappa shape index (κ2) is 6.50. The molecule has 1 amide bonds. The van der Waals surface area contributed by atoms with Crippen molar-refractivity contribution in [2.45, 2.75) is 18.2 Å². The zero-order valence-corrected chi connectivity index (χ0v) is 12.5. The molecule has 1 N–H and O–H groups in total. The van der Waals surface area contributed by atoms with Gasteiger partial charge in [0.05, 0.1) is 16.5 Å². The second-order valence-corrected chi connectivity index (χ2v) is 6.29. The third-order valence-electron chi connectivity index (χ3n) is 2.76. The Bertz CT molecular complexity index is 645. The monoisotopic (exact) mass is 295 g/mol. The number of hydrogen-bond donors (Lipinski definition) is 1. The van der Waals surface area contributed by atoms with E-state index in [0.717, 1.165) is 0 Å². The molecule has 20 heavy (non-hydrogen) atoms. The summed E-state index contributed by atoms with van der Waals surface area (Å²) in [5.41, 5.74) is 1.03. The highest BCUT2D eigenvalue weighted by atomic mass is 32.2. The average Bonchev–Trinajstić information content (AvgIpc) is 2.38. The first-order chi connectivity index (χ1) is 9.27.